The second kappa shape index (κ2) is 44.4. The number of nitrogens with zero attached hydrogens (tertiary/aromatic N) is 3. The quantitative estimate of drug-likeness (QED) is 0.0113. The van der Waals surface area contributed by atoms with Gasteiger partial charge in [0.2, 0.25) is 9.84 Å². The average molecular weight is 1850 g/mol. The van der Waals surface area contributed by atoms with Crippen molar-refractivity contribution in [3.8, 4) is 77.9 Å². The zero-order chi connectivity index (χ0) is 92.3. The highest BCUT2D eigenvalue weighted by molar-refractivity contribution is 7.92. The fourth-order valence-corrected chi connectivity index (χ4v) is 23.0. The number of rotatable bonds is 30. The molecule has 17 nitrogen and oxygen atoms in total. The van der Waals surface area contributed by atoms with Crippen LogP contribution >= 0.6 is 34.0 Å². The number of pyridine rings is 1. The first-order valence-electron chi connectivity index (χ1n) is 46.6. The van der Waals surface area contributed by atoms with E-state index >= 15 is 0 Å². The van der Waals surface area contributed by atoms with E-state index in [1.54, 1.807) is 12.1 Å². The highest BCUT2D eigenvalue weighted by atomic mass is 32.2. The van der Waals surface area contributed by atoms with Crippen molar-refractivity contribution in [2.75, 3.05) is 78.5 Å². The highest BCUT2D eigenvalue weighted by Gasteiger charge is 2.34. The normalized spacial score (nSPS) is 13.2. The van der Waals surface area contributed by atoms with Crippen molar-refractivity contribution in [2.45, 2.75) is 87.1 Å². The van der Waals surface area contributed by atoms with Crippen molar-refractivity contribution in [3.63, 3.8) is 0 Å². The molecule has 0 saturated heterocycles. The van der Waals surface area contributed by atoms with Crippen LogP contribution in [0.5, 0.6) is 0 Å². The molecule has 7 heterocycles. The number of aliphatic imine (C=N–C) groups is 2. The summed E-state index contributed by atoms with van der Waals surface area (Å²) in [6.07, 6.45) is 18.2. The van der Waals surface area contributed by atoms with E-state index < -0.39 is 9.84 Å². The molecule has 0 spiro atoms. The number of hydrogen-bond donors (Lipinski definition) is 12. The van der Waals surface area contributed by atoms with Crippen LogP contribution in [-0.4, -0.2) is 104 Å². The SMILES string of the molecule is C1=C(c2ccc3sc4ccc(C5=CCNCC5)cc4c3c2)CCNC1.NC(N)=NCCCc1cccc(-c2ccc3sc4ccc(-c5cccc(CCCN=C(N)N)c5)cc4c3c2)c1.NCCCc1cccc(-c2ccc3c(c2)-c2cc(-c4cccc(CCCN)c4)ccc2S3(=O)=O)c1.NCCNCc1cccc(-c2ccc3sc4ccc(-c5cncc(CNCCN)c5)cc4c3c2)c1. The van der Waals surface area contributed by atoms with E-state index in [0.29, 0.717) is 49.1 Å². The number of aromatic nitrogens is 1. The number of benzene rings is 13. The molecule has 20 rings (SSSR count). The molecule has 0 radical (unpaired) electrons. The molecule has 13 aromatic carbocycles. The van der Waals surface area contributed by atoms with Gasteiger partial charge in [-0.3, -0.25) is 15.0 Å². The lowest BCUT2D eigenvalue weighted by atomic mass is 9.94. The first kappa shape index (κ1) is 93.1. The number of nitrogens with one attached hydrogen (secondary N) is 4. The monoisotopic (exact) mass is 1840 g/mol. The van der Waals surface area contributed by atoms with E-state index in [1.165, 1.54) is 150 Å². The van der Waals surface area contributed by atoms with Gasteiger partial charge in [-0.05, 0) is 316 Å². The predicted molar refractivity (Wildman–Crippen MR) is 571 cm³/mol. The van der Waals surface area contributed by atoms with Gasteiger partial charge in [-0.15, -0.1) is 34.0 Å². The Balaban J connectivity index is 0.000000126. The minimum atomic E-state index is -3.53. The Morgan fingerprint density at radius 3 is 0.985 bits per heavy atom. The molecule has 20 N–H and O–H groups in total. The van der Waals surface area contributed by atoms with Crippen LogP contribution < -0.4 is 67.1 Å². The summed E-state index contributed by atoms with van der Waals surface area (Å²) in [4.78, 5) is 13.4. The number of thiophene rings is 3. The van der Waals surface area contributed by atoms with Crippen molar-refractivity contribution in [1.82, 2.24) is 26.3 Å². The molecule has 134 heavy (non-hydrogen) atoms. The second-order valence-corrected chi connectivity index (χ2v) is 39.6. The van der Waals surface area contributed by atoms with E-state index in [2.05, 4.69) is 285 Å². The van der Waals surface area contributed by atoms with Gasteiger partial charge in [-0.1, -0.05) is 176 Å². The molecule has 3 aliphatic heterocycles. The van der Waals surface area contributed by atoms with Gasteiger partial charge in [-0.25, -0.2) is 8.42 Å². The van der Waals surface area contributed by atoms with E-state index in [9.17, 15) is 8.42 Å². The van der Waals surface area contributed by atoms with Crippen molar-refractivity contribution in [1.29, 1.82) is 0 Å². The van der Waals surface area contributed by atoms with Gasteiger partial charge in [0.1, 0.15) is 0 Å². The topological polar surface area (TPSA) is 328 Å². The Morgan fingerprint density at radius 2 is 0.634 bits per heavy atom. The number of sulfone groups is 1. The molecule has 0 saturated carbocycles. The highest BCUT2D eigenvalue weighted by Crippen LogP contribution is 2.48. The van der Waals surface area contributed by atoms with Crippen LogP contribution in [-0.2, 0) is 48.6 Å². The fraction of sp³-hybridized carbons (Fsp3) is 0.212. The molecular weight excluding hydrogens is 1730 g/mol. The summed E-state index contributed by atoms with van der Waals surface area (Å²) < 4.78 is 34.6. The molecule has 0 amide bonds. The van der Waals surface area contributed by atoms with Gasteiger partial charge in [0.05, 0.1) is 9.79 Å². The summed E-state index contributed by atoms with van der Waals surface area (Å²) in [6.45, 7) is 11.3. The Hall–Kier alpha value is -12.7. The van der Waals surface area contributed by atoms with E-state index in [4.69, 9.17) is 45.9 Å². The number of fused-ring (bicyclic) bond motifs is 12. The molecule has 0 atom stereocenters. The summed E-state index contributed by atoms with van der Waals surface area (Å²) >= 11 is 5.59. The van der Waals surface area contributed by atoms with E-state index in [-0.39, 0.29) is 11.9 Å². The van der Waals surface area contributed by atoms with Crippen LogP contribution in [0.25, 0.3) is 150 Å². The Kier molecular flexibility index (Phi) is 30.9. The van der Waals surface area contributed by atoms with Crippen molar-refractivity contribution in [2.24, 2.45) is 55.9 Å². The first-order valence-corrected chi connectivity index (χ1v) is 50.5. The lowest BCUT2D eigenvalue weighted by molar-refractivity contribution is 0.598. The summed E-state index contributed by atoms with van der Waals surface area (Å²) in [5.74, 6) is 0.297. The van der Waals surface area contributed by atoms with Crippen molar-refractivity contribution >= 4 is 127 Å². The third-order valence-corrected chi connectivity index (χ3v) is 30.3. The molecule has 0 unspecified atom stereocenters. The van der Waals surface area contributed by atoms with Gasteiger partial charge >= 0.3 is 0 Å². The van der Waals surface area contributed by atoms with Crippen LogP contribution in [0.2, 0.25) is 0 Å². The van der Waals surface area contributed by atoms with Gasteiger partial charge < -0.3 is 67.1 Å². The zero-order valence-corrected chi connectivity index (χ0v) is 78.9. The van der Waals surface area contributed by atoms with Gasteiger partial charge in [0.25, 0.3) is 0 Å². The number of nitrogens with two attached hydrogens (primary N) is 8. The van der Waals surface area contributed by atoms with Crippen LogP contribution in [0, 0.1) is 0 Å². The number of hydrogen-bond acceptors (Lipinski definition) is 16. The Bertz CT molecular complexity index is 6900. The average Bonchev–Trinajstić information content (AvgIpc) is 1.60. The smallest absolute Gasteiger partial charge is 0.207 e. The number of guanidine groups is 2. The summed E-state index contributed by atoms with van der Waals surface area (Å²) in [5.41, 5.74) is 73.0. The zero-order valence-electron chi connectivity index (χ0n) is 75.7. The van der Waals surface area contributed by atoms with Gasteiger partial charge in [-0.2, -0.15) is 0 Å². The van der Waals surface area contributed by atoms with Crippen LogP contribution in [0.4, 0.5) is 0 Å². The maximum absolute atomic E-state index is 13.3. The van der Waals surface area contributed by atoms with Crippen molar-refractivity contribution < 1.29 is 8.42 Å². The molecule has 4 aromatic heterocycles. The van der Waals surface area contributed by atoms with Crippen LogP contribution in [0.3, 0.4) is 0 Å². The minimum absolute atomic E-state index is 0.149. The van der Waals surface area contributed by atoms with E-state index in [0.717, 1.165) is 161 Å². The fourth-order valence-electron chi connectivity index (χ4n) is 18.1. The molecule has 0 bridgehead atoms. The van der Waals surface area contributed by atoms with Crippen LogP contribution in [0.15, 0.2) is 317 Å². The molecule has 680 valence electrons. The largest absolute Gasteiger partial charge is 0.370 e. The minimum Gasteiger partial charge on any atom is -0.370 e. The molecule has 17 aromatic rings. The number of aryl methyl sites for hydroxylation is 4. The maximum atomic E-state index is 13.3. The predicted octanol–water partition coefficient (Wildman–Crippen LogP) is 21.1. The third-order valence-electron chi connectivity index (χ3n) is 25.0. The molecule has 0 aliphatic carbocycles. The maximum Gasteiger partial charge on any atom is 0.207 e. The summed E-state index contributed by atoms with van der Waals surface area (Å²) in [5, 5.41) is 21.5. The summed E-state index contributed by atoms with van der Waals surface area (Å²) in [6, 6.07) is 97.8. The molecule has 21 heteroatoms. The third kappa shape index (κ3) is 22.7. The second-order valence-electron chi connectivity index (χ2n) is 34.5. The Morgan fingerprint density at radius 1 is 0.328 bits per heavy atom. The standard InChI is InChI=1S/C32H34N6S.C30H30N2O2S.C29H31N5S.C22H22N2S/c33-31(34)37-15-3-7-21-5-1-9-23(17-21)25-11-13-29-27(19-25)28-20-26(12-14-30(28)39-29)24-10-2-6-22(18-24)8-4-16-38-32(35)36;31-15-3-7-21-5-1-9-23(17-21)25-11-13-29-27(19-25)28-20-26(12-14-30(28)35(29,33)34)24-10-2-6-22(18-24)8-4-16-32;30-8-10-32-16-20-2-1-3-22(12-20)23-4-6-28-26(14-23)27-15-24(5-7-29(27)35-28)25-13-21(18-34-19-25)17-33-11-9-31;1-3-21-19(13-17(1)15-5-9-23-10-6-15)20-14-18(2-4-22(20)25-21)16-7-11-24-12-8-16/h1-2,5-6,9-14,17-20H,3-4,7-8,15-16H2,(H4,33,34,37)(H4,35,36,38);1-2,5-6,9-14,17-20H,3-4,7-8,15-16,31-32H2;1-7,12-15,18-19,32-33H,8-11,16-17,30-31H2;1-5,7,13-14,23-24H,6,8-12H2. The van der Waals surface area contributed by atoms with Gasteiger partial charge in [0, 0.05) is 155 Å². The Labute approximate surface area is 797 Å². The molecular formula is C113H117N15O2S4. The lowest BCUT2D eigenvalue weighted by Crippen LogP contribution is -2.23. The van der Waals surface area contributed by atoms with Crippen LogP contribution in [0.1, 0.15) is 83.0 Å². The molecule has 0 fully saturated rings. The van der Waals surface area contributed by atoms with Crippen molar-refractivity contribution in [3.05, 3.63) is 342 Å². The molecule has 3 aliphatic rings. The van der Waals surface area contributed by atoms with Gasteiger partial charge in [0.15, 0.2) is 11.9 Å². The summed E-state index contributed by atoms with van der Waals surface area (Å²) in [7, 11) is -3.53. The van der Waals surface area contributed by atoms with E-state index in [1.807, 2.05) is 70.7 Å². The first-order chi connectivity index (χ1) is 65.6. The lowest BCUT2D eigenvalue weighted by Gasteiger charge is -2.15.